The predicted octanol–water partition coefficient (Wildman–Crippen LogP) is 4.94. The maximum Gasteiger partial charge on any atom is 0.310 e. The fourth-order valence-electron chi connectivity index (χ4n) is 3.20. The van der Waals surface area contributed by atoms with Gasteiger partial charge in [0.1, 0.15) is 23.0 Å². The Morgan fingerprint density at radius 1 is 1.20 bits per heavy atom. The molecule has 0 fully saturated rings. The van der Waals surface area contributed by atoms with Gasteiger partial charge in [-0.1, -0.05) is 36.4 Å². The highest BCUT2D eigenvalue weighted by atomic mass is 16.5. The van der Waals surface area contributed by atoms with E-state index in [0.29, 0.717) is 6.42 Å². The third-order valence-corrected chi connectivity index (χ3v) is 4.54. The monoisotopic (exact) mass is 334 g/mol. The number of rotatable bonds is 4. The molecule has 1 unspecified atom stereocenters. The van der Waals surface area contributed by atoms with Crippen LogP contribution in [-0.2, 0) is 4.79 Å². The zero-order valence-electron chi connectivity index (χ0n) is 13.8. The first-order valence-electron chi connectivity index (χ1n) is 8.31. The Balaban J connectivity index is 1.63. The van der Waals surface area contributed by atoms with Crippen LogP contribution in [0.1, 0.15) is 13.3 Å². The molecule has 0 saturated heterocycles. The number of allylic oxidation sites excluding steroid dienone is 1. The molecule has 0 radical (unpaired) electrons. The van der Waals surface area contributed by atoms with E-state index in [9.17, 15) is 9.90 Å². The van der Waals surface area contributed by atoms with E-state index in [-0.39, 0.29) is 6.10 Å². The molecule has 0 spiro atoms. The quantitative estimate of drug-likeness (QED) is 0.734. The molecule has 1 aliphatic rings. The first-order valence-corrected chi connectivity index (χ1v) is 8.31. The second kappa shape index (κ2) is 6.13. The van der Waals surface area contributed by atoms with Gasteiger partial charge >= 0.3 is 5.97 Å². The van der Waals surface area contributed by atoms with Gasteiger partial charge in [0.25, 0.3) is 0 Å². The molecule has 1 N–H and O–H groups in total. The molecule has 4 heteroatoms. The number of fused-ring (bicyclic) bond motifs is 3. The molecule has 1 aliphatic carbocycles. The molecule has 0 amide bonds. The van der Waals surface area contributed by atoms with Gasteiger partial charge in [-0.25, -0.2) is 0 Å². The van der Waals surface area contributed by atoms with Crippen molar-refractivity contribution >= 4 is 27.9 Å². The number of furan rings is 1. The molecule has 4 rings (SSSR count). The molecule has 3 aromatic rings. The number of hydrogen-bond acceptors (Lipinski definition) is 3. The summed E-state index contributed by atoms with van der Waals surface area (Å²) in [6, 6.07) is 13.7. The summed E-state index contributed by atoms with van der Waals surface area (Å²) in [7, 11) is 0. The molecule has 1 heterocycles. The van der Waals surface area contributed by atoms with Gasteiger partial charge in [-0.3, -0.25) is 4.79 Å². The lowest BCUT2D eigenvalue weighted by Gasteiger charge is -2.20. The van der Waals surface area contributed by atoms with Crippen molar-refractivity contribution in [1.82, 2.24) is 0 Å². The van der Waals surface area contributed by atoms with Crippen molar-refractivity contribution in [2.45, 2.75) is 19.4 Å². The van der Waals surface area contributed by atoms with Crippen molar-refractivity contribution in [3.63, 3.8) is 0 Å². The molecule has 1 aromatic heterocycles. The zero-order chi connectivity index (χ0) is 17.4. The predicted molar refractivity (Wildman–Crippen MR) is 96.8 cm³/mol. The minimum Gasteiger partial charge on any atom is -0.486 e. The minimum absolute atomic E-state index is 0.228. The number of aliphatic carboxylic acids is 1. The second-order valence-corrected chi connectivity index (χ2v) is 6.27. The first-order chi connectivity index (χ1) is 12.1. The summed E-state index contributed by atoms with van der Waals surface area (Å²) in [5.41, 5.74) is 2.56. The van der Waals surface area contributed by atoms with Gasteiger partial charge in [0, 0.05) is 10.8 Å². The summed E-state index contributed by atoms with van der Waals surface area (Å²) in [5, 5.41) is 11.3. The summed E-state index contributed by atoms with van der Waals surface area (Å²) in [4.78, 5) is 11.2. The molecule has 126 valence electrons. The van der Waals surface area contributed by atoms with E-state index < -0.39 is 11.9 Å². The number of carboxylic acid groups (broad SMARTS) is 1. The van der Waals surface area contributed by atoms with E-state index in [0.717, 1.165) is 33.3 Å². The lowest BCUT2D eigenvalue weighted by atomic mass is 9.94. The first kappa shape index (κ1) is 15.5. The summed E-state index contributed by atoms with van der Waals surface area (Å²) in [5.74, 6) is -0.551. The fourth-order valence-corrected chi connectivity index (χ4v) is 3.20. The summed E-state index contributed by atoms with van der Waals surface area (Å²) in [6.07, 6.45) is 5.91. The molecule has 25 heavy (non-hydrogen) atoms. The van der Waals surface area contributed by atoms with Crippen LogP contribution >= 0.6 is 0 Å². The van der Waals surface area contributed by atoms with Crippen molar-refractivity contribution in [3.8, 4) is 5.75 Å². The van der Waals surface area contributed by atoms with Gasteiger partial charge in [0.05, 0.1) is 5.92 Å². The van der Waals surface area contributed by atoms with Crippen LogP contribution in [0.3, 0.4) is 0 Å². The van der Waals surface area contributed by atoms with E-state index in [2.05, 4.69) is 0 Å². The van der Waals surface area contributed by atoms with E-state index >= 15 is 0 Å². The van der Waals surface area contributed by atoms with Gasteiger partial charge in [0.15, 0.2) is 0 Å². The molecule has 2 atom stereocenters. The topological polar surface area (TPSA) is 59.7 Å². The molecule has 0 bridgehead atoms. The molecule has 2 aromatic carbocycles. The van der Waals surface area contributed by atoms with Crippen molar-refractivity contribution in [3.05, 3.63) is 66.3 Å². The standard InChI is InChI=1S/C21H18O4/c1-13(14-5-4-6-15(11-14)21(22)23)24-16-9-10-20-18(12-16)17-7-2-3-8-19(17)25-20/h2-5,7-13,15H,6H2,1H3,(H,22,23)/t13?,15-/m1/s1. The van der Waals surface area contributed by atoms with Crippen LogP contribution in [0.2, 0.25) is 0 Å². The van der Waals surface area contributed by atoms with Gasteiger partial charge in [-0.15, -0.1) is 0 Å². The fraction of sp³-hybridized carbons (Fsp3) is 0.190. The highest BCUT2D eigenvalue weighted by Gasteiger charge is 2.20. The number of benzene rings is 2. The number of carboxylic acids is 1. The van der Waals surface area contributed by atoms with Crippen LogP contribution in [0.5, 0.6) is 5.75 Å². The summed E-state index contributed by atoms with van der Waals surface area (Å²) >= 11 is 0. The highest BCUT2D eigenvalue weighted by Crippen LogP contribution is 2.32. The van der Waals surface area contributed by atoms with Gasteiger partial charge in [-0.2, -0.15) is 0 Å². The maximum atomic E-state index is 11.2. The van der Waals surface area contributed by atoms with E-state index in [1.54, 1.807) is 6.08 Å². The third-order valence-electron chi connectivity index (χ3n) is 4.54. The minimum atomic E-state index is -0.805. The van der Waals surface area contributed by atoms with Crippen molar-refractivity contribution < 1.29 is 19.1 Å². The SMILES string of the molecule is CC(Oc1ccc2oc3ccccc3c2c1)C1=C[C@H](C(=O)O)CC=C1. The normalized spacial score (nSPS) is 18.3. The average molecular weight is 334 g/mol. The van der Waals surface area contributed by atoms with Crippen LogP contribution in [-0.4, -0.2) is 17.2 Å². The Morgan fingerprint density at radius 2 is 2.00 bits per heavy atom. The number of para-hydroxylation sites is 1. The molecular weight excluding hydrogens is 316 g/mol. The van der Waals surface area contributed by atoms with Crippen molar-refractivity contribution in [2.24, 2.45) is 5.92 Å². The van der Waals surface area contributed by atoms with E-state index in [1.807, 2.05) is 61.5 Å². The van der Waals surface area contributed by atoms with E-state index in [4.69, 9.17) is 9.15 Å². The maximum absolute atomic E-state index is 11.2. The van der Waals surface area contributed by atoms with Crippen LogP contribution in [0, 0.1) is 5.92 Å². The lowest BCUT2D eigenvalue weighted by molar-refractivity contribution is -0.140. The summed E-state index contributed by atoms with van der Waals surface area (Å²) in [6.45, 7) is 1.93. The van der Waals surface area contributed by atoms with Crippen LogP contribution in [0.15, 0.2) is 70.7 Å². The molecular formula is C21H18O4. The van der Waals surface area contributed by atoms with Crippen LogP contribution < -0.4 is 4.74 Å². The van der Waals surface area contributed by atoms with E-state index in [1.165, 1.54) is 0 Å². The Kier molecular flexibility index (Phi) is 3.80. The molecule has 0 saturated carbocycles. The molecule has 4 nitrogen and oxygen atoms in total. The largest absolute Gasteiger partial charge is 0.486 e. The lowest BCUT2D eigenvalue weighted by Crippen LogP contribution is -2.19. The van der Waals surface area contributed by atoms with Crippen LogP contribution in [0.25, 0.3) is 21.9 Å². The summed E-state index contributed by atoms with van der Waals surface area (Å²) < 4.78 is 11.9. The smallest absolute Gasteiger partial charge is 0.310 e. The Bertz CT molecular complexity index is 1010. The Labute approximate surface area is 145 Å². The van der Waals surface area contributed by atoms with Gasteiger partial charge < -0.3 is 14.3 Å². The highest BCUT2D eigenvalue weighted by molar-refractivity contribution is 6.05. The molecule has 0 aliphatic heterocycles. The average Bonchev–Trinajstić information content (AvgIpc) is 3.00. The van der Waals surface area contributed by atoms with Gasteiger partial charge in [0.2, 0.25) is 0 Å². The Hall–Kier alpha value is -3.01. The second-order valence-electron chi connectivity index (χ2n) is 6.27. The number of ether oxygens (including phenoxy) is 1. The number of hydrogen-bond donors (Lipinski definition) is 1. The van der Waals surface area contributed by atoms with Crippen molar-refractivity contribution in [1.29, 1.82) is 0 Å². The van der Waals surface area contributed by atoms with Crippen LogP contribution in [0.4, 0.5) is 0 Å². The third kappa shape index (κ3) is 2.91. The van der Waals surface area contributed by atoms with Crippen molar-refractivity contribution in [2.75, 3.05) is 0 Å². The number of carbonyl (C=O) groups is 1. The Morgan fingerprint density at radius 3 is 2.84 bits per heavy atom. The zero-order valence-corrected chi connectivity index (χ0v) is 13.8. The van der Waals surface area contributed by atoms with Gasteiger partial charge in [-0.05, 0) is 43.2 Å².